The van der Waals surface area contributed by atoms with Gasteiger partial charge in [-0.3, -0.25) is 4.79 Å². The monoisotopic (exact) mass is 354 g/mol. The molecular formula is C24H22N2O. The summed E-state index contributed by atoms with van der Waals surface area (Å²) in [5.74, 6) is -0.287. The number of primary amides is 1. The molecule has 0 bridgehead atoms. The van der Waals surface area contributed by atoms with E-state index in [1.54, 1.807) is 0 Å². The molecule has 0 unspecified atom stereocenters. The second-order valence-electron chi connectivity index (χ2n) is 6.84. The SMILES string of the molecule is Cc1ccc2c(-c3ccccc3)c(-c3ccccc3)n(CCC(N)=O)c2c1. The Bertz CT molecular complexity index is 1100. The van der Waals surface area contributed by atoms with E-state index in [0.29, 0.717) is 13.0 Å². The minimum Gasteiger partial charge on any atom is -0.370 e. The highest BCUT2D eigenvalue weighted by Crippen LogP contribution is 2.41. The summed E-state index contributed by atoms with van der Waals surface area (Å²) in [7, 11) is 0. The lowest BCUT2D eigenvalue weighted by Gasteiger charge is -2.12. The van der Waals surface area contributed by atoms with Crippen LogP contribution in [-0.4, -0.2) is 10.5 Å². The number of fused-ring (bicyclic) bond motifs is 1. The van der Waals surface area contributed by atoms with Crippen molar-refractivity contribution >= 4 is 16.8 Å². The first-order valence-electron chi connectivity index (χ1n) is 9.17. The van der Waals surface area contributed by atoms with E-state index >= 15 is 0 Å². The van der Waals surface area contributed by atoms with Crippen LogP contribution >= 0.6 is 0 Å². The Morgan fingerprint density at radius 3 is 2.15 bits per heavy atom. The Morgan fingerprint density at radius 1 is 0.889 bits per heavy atom. The first kappa shape index (κ1) is 17.1. The van der Waals surface area contributed by atoms with E-state index in [4.69, 9.17) is 5.73 Å². The van der Waals surface area contributed by atoms with E-state index < -0.39 is 0 Å². The molecule has 1 heterocycles. The van der Waals surface area contributed by atoms with Gasteiger partial charge < -0.3 is 10.3 Å². The summed E-state index contributed by atoms with van der Waals surface area (Å²) in [4.78, 5) is 11.5. The average molecular weight is 354 g/mol. The van der Waals surface area contributed by atoms with Gasteiger partial charge in [0.2, 0.25) is 5.91 Å². The number of amides is 1. The number of aromatic nitrogens is 1. The van der Waals surface area contributed by atoms with Crippen LogP contribution in [0.15, 0.2) is 78.9 Å². The number of carbonyl (C=O) groups excluding carboxylic acids is 1. The number of carbonyl (C=O) groups is 1. The topological polar surface area (TPSA) is 48.0 Å². The van der Waals surface area contributed by atoms with Gasteiger partial charge in [-0.15, -0.1) is 0 Å². The van der Waals surface area contributed by atoms with Gasteiger partial charge in [0, 0.05) is 29.4 Å². The third kappa shape index (κ3) is 3.24. The summed E-state index contributed by atoms with van der Waals surface area (Å²) in [5.41, 5.74) is 12.4. The van der Waals surface area contributed by atoms with Gasteiger partial charge in [-0.1, -0.05) is 72.8 Å². The van der Waals surface area contributed by atoms with Gasteiger partial charge >= 0.3 is 0 Å². The van der Waals surface area contributed by atoms with Crippen LogP contribution in [0, 0.1) is 6.92 Å². The number of aryl methyl sites for hydroxylation is 2. The third-order valence-electron chi connectivity index (χ3n) is 4.91. The lowest BCUT2D eigenvalue weighted by molar-refractivity contribution is -0.118. The lowest BCUT2D eigenvalue weighted by Crippen LogP contribution is -2.14. The molecule has 3 nitrogen and oxygen atoms in total. The molecule has 134 valence electrons. The maximum Gasteiger partial charge on any atom is 0.219 e. The van der Waals surface area contributed by atoms with Crippen molar-refractivity contribution in [2.75, 3.05) is 0 Å². The molecule has 1 amide bonds. The summed E-state index contributed by atoms with van der Waals surface area (Å²) >= 11 is 0. The van der Waals surface area contributed by atoms with E-state index in [9.17, 15) is 4.79 Å². The minimum absolute atomic E-state index is 0.287. The second-order valence-corrected chi connectivity index (χ2v) is 6.84. The molecule has 0 fully saturated rings. The van der Waals surface area contributed by atoms with Crippen molar-refractivity contribution in [1.29, 1.82) is 0 Å². The van der Waals surface area contributed by atoms with Crippen molar-refractivity contribution in [2.24, 2.45) is 5.73 Å². The molecule has 4 rings (SSSR count). The average Bonchev–Trinajstić information content (AvgIpc) is 3.01. The van der Waals surface area contributed by atoms with Gasteiger partial charge in [0.15, 0.2) is 0 Å². The molecule has 0 radical (unpaired) electrons. The van der Waals surface area contributed by atoms with Gasteiger partial charge in [-0.25, -0.2) is 0 Å². The zero-order chi connectivity index (χ0) is 18.8. The Labute approximate surface area is 159 Å². The van der Waals surface area contributed by atoms with Crippen LogP contribution in [0.1, 0.15) is 12.0 Å². The first-order valence-corrected chi connectivity index (χ1v) is 9.17. The smallest absolute Gasteiger partial charge is 0.219 e. The third-order valence-corrected chi connectivity index (χ3v) is 4.91. The van der Waals surface area contributed by atoms with Crippen LogP contribution in [0.4, 0.5) is 0 Å². The Balaban J connectivity index is 2.09. The normalized spacial score (nSPS) is 11.0. The molecule has 0 saturated carbocycles. The highest BCUT2D eigenvalue weighted by Gasteiger charge is 2.20. The zero-order valence-electron chi connectivity index (χ0n) is 15.4. The molecule has 0 aliphatic heterocycles. The Kier molecular flexibility index (Phi) is 4.51. The summed E-state index contributed by atoms with van der Waals surface area (Å²) in [6.45, 7) is 2.65. The molecule has 27 heavy (non-hydrogen) atoms. The number of nitrogens with two attached hydrogens (primary N) is 1. The molecule has 0 atom stereocenters. The van der Waals surface area contributed by atoms with E-state index in [0.717, 1.165) is 16.8 Å². The van der Waals surface area contributed by atoms with E-state index in [2.05, 4.69) is 66.1 Å². The zero-order valence-corrected chi connectivity index (χ0v) is 15.4. The van der Waals surface area contributed by atoms with Crippen molar-refractivity contribution in [3.8, 4) is 22.4 Å². The van der Waals surface area contributed by atoms with Crippen molar-refractivity contribution < 1.29 is 4.79 Å². The molecule has 3 heteroatoms. The molecule has 1 aromatic heterocycles. The van der Waals surface area contributed by atoms with E-state index in [-0.39, 0.29) is 5.91 Å². The van der Waals surface area contributed by atoms with Gasteiger partial charge in [0.05, 0.1) is 5.69 Å². The van der Waals surface area contributed by atoms with Crippen LogP contribution in [0.2, 0.25) is 0 Å². The van der Waals surface area contributed by atoms with Crippen LogP contribution < -0.4 is 5.73 Å². The largest absolute Gasteiger partial charge is 0.370 e. The standard InChI is InChI=1S/C24H22N2O/c1-17-12-13-20-21(16-17)26(15-14-22(25)27)24(19-10-6-3-7-11-19)23(20)18-8-4-2-5-9-18/h2-13,16H,14-15H2,1H3,(H2,25,27). The Morgan fingerprint density at radius 2 is 1.52 bits per heavy atom. The molecule has 3 aromatic carbocycles. The minimum atomic E-state index is -0.287. The fourth-order valence-electron chi connectivity index (χ4n) is 3.71. The second kappa shape index (κ2) is 7.12. The molecule has 0 spiro atoms. The van der Waals surface area contributed by atoms with Crippen LogP contribution in [0.3, 0.4) is 0 Å². The van der Waals surface area contributed by atoms with E-state index in [1.807, 2.05) is 24.3 Å². The quantitative estimate of drug-likeness (QED) is 0.529. The van der Waals surface area contributed by atoms with Crippen molar-refractivity contribution in [1.82, 2.24) is 4.57 Å². The molecule has 0 saturated heterocycles. The van der Waals surface area contributed by atoms with Gasteiger partial charge in [0.25, 0.3) is 0 Å². The number of benzene rings is 3. The van der Waals surface area contributed by atoms with Gasteiger partial charge in [-0.2, -0.15) is 0 Å². The summed E-state index contributed by atoms with van der Waals surface area (Å²) < 4.78 is 2.24. The lowest BCUT2D eigenvalue weighted by atomic mass is 9.98. The molecule has 0 aliphatic rings. The molecule has 0 aliphatic carbocycles. The summed E-state index contributed by atoms with van der Waals surface area (Å²) in [6.07, 6.45) is 0.311. The predicted octanol–water partition coefficient (Wildman–Crippen LogP) is 5.16. The fourth-order valence-corrected chi connectivity index (χ4v) is 3.71. The summed E-state index contributed by atoms with van der Waals surface area (Å²) in [5, 5.41) is 1.19. The number of rotatable bonds is 5. The van der Waals surface area contributed by atoms with Crippen molar-refractivity contribution in [2.45, 2.75) is 19.9 Å². The first-order chi connectivity index (χ1) is 13.1. The number of nitrogens with zero attached hydrogens (tertiary/aromatic N) is 1. The highest BCUT2D eigenvalue weighted by molar-refractivity contribution is 6.04. The molecular weight excluding hydrogens is 332 g/mol. The molecule has 2 N–H and O–H groups in total. The van der Waals surface area contributed by atoms with E-state index in [1.165, 1.54) is 22.1 Å². The van der Waals surface area contributed by atoms with Crippen LogP contribution in [-0.2, 0) is 11.3 Å². The van der Waals surface area contributed by atoms with Crippen molar-refractivity contribution in [3.05, 3.63) is 84.4 Å². The van der Waals surface area contributed by atoms with Gasteiger partial charge in [-0.05, 0) is 29.7 Å². The van der Waals surface area contributed by atoms with Crippen LogP contribution in [0.25, 0.3) is 33.3 Å². The maximum atomic E-state index is 11.5. The number of hydrogen-bond acceptors (Lipinski definition) is 1. The predicted molar refractivity (Wildman–Crippen MR) is 111 cm³/mol. The highest BCUT2D eigenvalue weighted by atomic mass is 16.1. The number of hydrogen-bond donors (Lipinski definition) is 1. The fraction of sp³-hybridized carbons (Fsp3) is 0.125. The molecule has 4 aromatic rings. The maximum absolute atomic E-state index is 11.5. The van der Waals surface area contributed by atoms with Gasteiger partial charge in [0.1, 0.15) is 0 Å². The van der Waals surface area contributed by atoms with Crippen molar-refractivity contribution in [3.63, 3.8) is 0 Å². The summed E-state index contributed by atoms with van der Waals surface area (Å²) in [6, 6.07) is 27.3. The van der Waals surface area contributed by atoms with Crippen LogP contribution in [0.5, 0.6) is 0 Å². The Hall–Kier alpha value is -3.33.